The molecule has 0 heterocycles. The highest BCUT2D eigenvalue weighted by molar-refractivity contribution is 7.84. The number of nitro benzene ring substituents is 1. The van der Waals surface area contributed by atoms with E-state index in [-0.39, 0.29) is 12.1 Å². The summed E-state index contributed by atoms with van der Waals surface area (Å²) in [7, 11) is -0.936. The van der Waals surface area contributed by atoms with Crippen LogP contribution in [0.3, 0.4) is 0 Å². The molecule has 0 fully saturated rings. The third-order valence-corrected chi connectivity index (χ3v) is 3.20. The zero-order valence-electron chi connectivity index (χ0n) is 10.3. The summed E-state index contributed by atoms with van der Waals surface area (Å²) < 4.78 is 10.9. The van der Waals surface area contributed by atoms with Gasteiger partial charge < -0.3 is 10.4 Å². The molecule has 0 amide bonds. The Morgan fingerprint density at radius 2 is 2.21 bits per heavy atom. The Kier molecular flexibility index (Phi) is 5.58. The molecule has 0 aromatic heterocycles. The molecule has 104 valence electrons. The molecule has 0 bridgehead atoms. The van der Waals surface area contributed by atoms with Crippen LogP contribution in [0.1, 0.15) is 15.9 Å². The first kappa shape index (κ1) is 15.3. The lowest BCUT2D eigenvalue weighted by Gasteiger charge is -2.07. The SMILES string of the molecule is CS(=O)CCNCc1cccc([N+](=O)[O-])c1C(=O)O. The largest absolute Gasteiger partial charge is 0.477 e. The predicted molar refractivity (Wildman–Crippen MR) is 70.7 cm³/mol. The number of aromatic carboxylic acids is 1. The van der Waals surface area contributed by atoms with Gasteiger partial charge in [-0.25, -0.2) is 4.79 Å². The van der Waals surface area contributed by atoms with E-state index in [4.69, 9.17) is 5.11 Å². The quantitative estimate of drug-likeness (QED) is 0.435. The number of hydrogen-bond acceptors (Lipinski definition) is 5. The van der Waals surface area contributed by atoms with Crippen molar-refractivity contribution in [3.05, 3.63) is 39.4 Å². The van der Waals surface area contributed by atoms with Crippen LogP contribution in [0.15, 0.2) is 18.2 Å². The highest BCUT2D eigenvalue weighted by Crippen LogP contribution is 2.22. The zero-order chi connectivity index (χ0) is 14.4. The number of hydrogen-bond donors (Lipinski definition) is 2. The maximum absolute atomic E-state index is 11.1. The molecule has 7 nitrogen and oxygen atoms in total. The van der Waals surface area contributed by atoms with Crippen LogP contribution in [0.5, 0.6) is 0 Å². The van der Waals surface area contributed by atoms with Crippen molar-refractivity contribution in [2.24, 2.45) is 0 Å². The third-order valence-electron chi connectivity index (χ3n) is 2.42. The Balaban J connectivity index is 2.88. The molecular weight excluding hydrogens is 272 g/mol. The van der Waals surface area contributed by atoms with E-state index >= 15 is 0 Å². The second kappa shape index (κ2) is 6.95. The van der Waals surface area contributed by atoms with E-state index in [0.717, 1.165) is 6.07 Å². The van der Waals surface area contributed by atoms with Crippen molar-refractivity contribution in [2.75, 3.05) is 18.6 Å². The number of nitrogens with zero attached hydrogens (tertiary/aromatic N) is 1. The molecule has 2 N–H and O–H groups in total. The zero-order valence-corrected chi connectivity index (χ0v) is 11.1. The lowest BCUT2D eigenvalue weighted by Crippen LogP contribution is -2.21. The van der Waals surface area contributed by atoms with Crippen molar-refractivity contribution in [3.63, 3.8) is 0 Å². The van der Waals surface area contributed by atoms with Crippen LogP contribution in [0.2, 0.25) is 0 Å². The predicted octanol–water partition coefficient (Wildman–Crippen LogP) is 0.761. The summed E-state index contributed by atoms with van der Waals surface area (Å²) in [4.78, 5) is 21.2. The number of rotatable bonds is 7. The second-order valence-electron chi connectivity index (χ2n) is 3.83. The molecule has 1 aromatic carbocycles. The third kappa shape index (κ3) is 4.42. The minimum absolute atomic E-state index is 0.181. The molecule has 0 aliphatic carbocycles. The van der Waals surface area contributed by atoms with Crippen molar-refractivity contribution in [3.8, 4) is 0 Å². The van der Waals surface area contributed by atoms with Crippen LogP contribution in [-0.2, 0) is 17.3 Å². The standard InChI is InChI=1S/C11H14N2O5S/c1-19(18)6-5-12-7-8-3-2-4-9(13(16)17)10(8)11(14)15/h2-4,12H,5-7H2,1H3,(H,14,15). The maximum Gasteiger partial charge on any atom is 0.343 e. The fourth-order valence-corrected chi connectivity index (χ4v) is 2.00. The Morgan fingerprint density at radius 1 is 1.53 bits per heavy atom. The molecule has 1 rings (SSSR count). The van der Waals surface area contributed by atoms with E-state index in [2.05, 4.69) is 5.32 Å². The average Bonchev–Trinajstić information content (AvgIpc) is 2.33. The first-order valence-corrected chi connectivity index (χ1v) is 7.16. The van der Waals surface area contributed by atoms with E-state index in [9.17, 15) is 19.1 Å². The molecule has 19 heavy (non-hydrogen) atoms. The molecule has 8 heteroatoms. The highest BCUT2D eigenvalue weighted by Gasteiger charge is 2.22. The van der Waals surface area contributed by atoms with E-state index < -0.39 is 27.4 Å². The van der Waals surface area contributed by atoms with Crippen LogP contribution >= 0.6 is 0 Å². The summed E-state index contributed by atoms with van der Waals surface area (Å²) in [5, 5.41) is 22.8. The van der Waals surface area contributed by atoms with Gasteiger partial charge in [0.15, 0.2) is 0 Å². The minimum atomic E-state index is -1.33. The van der Waals surface area contributed by atoms with E-state index in [1.54, 1.807) is 6.26 Å². The van der Waals surface area contributed by atoms with Crippen molar-refractivity contribution in [1.82, 2.24) is 5.32 Å². The molecule has 0 saturated carbocycles. The molecule has 1 unspecified atom stereocenters. The van der Waals surface area contributed by atoms with Gasteiger partial charge in [-0.1, -0.05) is 12.1 Å². The molecule has 0 aliphatic rings. The van der Waals surface area contributed by atoms with E-state index in [1.807, 2.05) is 0 Å². The van der Waals surface area contributed by atoms with Crippen LogP contribution < -0.4 is 5.32 Å². The molecule has 0 radical (unpaired) electrons. The Hall–Kier alpha value is -1.80. The van der Waals surface area contributed by atoms with Crippen molar-refractivity contribution in [1.29, 1.82) is 0 Å². The number of carboxylic acid groups (broad SMARTS) is 1. The van der Waals surface area contributed by atoms with Crippen LogP contribution in [-0.4, -0.2) is 38.8 Å². The second-order valence-corrected chi connectivity index (χ2v) is 5.38. The molecule has 0 saturated heterocycles. The summed E-state index contributed by atoms with van der Waals surface area (Å²) in [5.74, 6) is -0.889. The lowest BCUT2D eigenvalue weighted by molar-refractivity contribution is -0.385. The van der Waals surface area contributed by atoms with Gasteiger partial charge in [0.25, 0.3) is 5.69 Å². The van der Waals surface area contributed by atoms with Gasteiger partial charge in [0, 0.05) is 42.0 Å². The monoisotopic (exact) mass is 286 g/mol. The van der Waals surface area contributed by atoms with Crippen molar-refractivity contribution < 1.29 is 19.0 Å². The number of benzene rings is 1. The highest BCUT2D eigenvalue weighted by atomic mass is 32.2. The van der Waals surface area contributed by atoms with Gasteiger partial charge in [-0.15, -0.1) is 0 Å². The molecule has 0 spiro atoms. The van der Waals surface area contributed by atoms with Crippen molar-refractivity contribution in [2.45, 2.75) is 6.54 Å². The first-order chi connectivity index (χ1) is 8.93. The number of nitro groups is 1. The van der Waals surface area contributed by atoms with Gasteiger partial charge in [0.05, 0.1) is 4.92 Å². The summed E-state index contributed by atoms with van der Waals surface area (Å²) >= 11 is 0. The maximum atomic E-state index is 11.1. The fraction of sp³-hybridized carbons (Fsp3) is 0.364. The van der Waals surface area contributed by atoms with Gasteiger partial charge in [0.1, 0.15) is 5.56 Å². The lowest BCUT2D eigenvalue weighted by atomic mass is 10.1. The Labute approximate surface area is 112 Å². The summed E-state index contributed by atoms with van der Waals surface area (Å²) in [6, 6.07) is 4.12. The van der Waals surface area contributed by atoms with Crippen molar-refractivity contribution >= 4 is 22.5 Å². The van der Waals surface area contributed by atoms with E-state index in [1.165, 1.54) is 12.1 Å². The van der Waals surface area contributed by atoms with Crippen LogP contribution in [0.4, 0.5) is 5.69 Å². The Bertz CT molecular complexity index is 518. The minimum Gasteiger partial charge on any atom is -0.477 e. The number of carboxylic acids is 1. The van der Waals surface area contributed by atoms with Gasteiger partial charge in [-0.3, -0.25) is 14.3 Å². The fourth-order valence-electron chi connectivity index (χ4n) is 1.57. The smallest absolute Gasteiger partial charge is 0.343 e. The van der Waals surface area contributed by atoms with E-state index in [0.29, 0.717) is 17.9 Å². The first-order valence-electron chi connectivity index (χ1n) is 5.43. The summed E-state index contributed by atoms with van der Waals surface area (Å²) in [6.45, 7) is 0.630. The molecular formula is C11H14N2O5S. The van der Waals surface area contributed by atoms with Crippen LogP contribution in [0.25, 0.3) is 0 Å². The summed E-state index contributed by atoms with van der Waals surface area (Å²) in [6.07, 6.45) is 1.57. The van der Waals surface area contributed by atoms with Gasteiger partial charge in [-0.2, -0.15) is 0 Å². The normalized spacial score (nSPS) is 12.1. The molecule has 0 aliphatic heterocycles. The number of nitrogens with one attached hydrogen (secondary N) is 1. The van der Waals surface area contributed by atoms with Gasteiger partial charge in [-0.05, 0) is 5.56 Å². The Morgan fingerprint density at radius 3 is 2.74 bits per heavy atom. The van der Waals surface area contributed by atoms with Gasteiger partial charge >= 0.3 is 5.97 Å². The summed E-state index contributed by atoms with van der Waals surface area (Å²) in [5.41, 5.74) is -0.396. The molecule has 1 aromatic rings. The average molecular weight is 286 g/mol. The number of carbonyl (C=O) groups is 1. The van der Waals surface area contributed by atoms with Gasteiger partial charge in [0.2, 0.25) is 0 Å². The molecule has 1 atom stereocenters. The topological polar surface area (TPSA) is 110 Å². The van der Waals surface area contributed by atoms with Crippen LogP contribution in [0, 0.1) is 10.1 Å².